The molecular formula is C18H20N2O3S. The lowest BCUT2D eigenvalue weighted by Crippen LogP contribution is -2.30. The standard InChI is InChI=1S/C18H20N2O3S/c19-24(22,23)12-13-8-10-15(11-9-13)18(21)20-17-7-3-5-14-4-1-2-6-16(14)17/h1-2,4,6,8-11,17H,3,5,7,12H2,(H,20,21)(H2,19,22,23). The monoisotopic (exact) mass is 344 g/mol. The molecule has 0 aromatic heterocycles. The van der Waals surface area contributed by atoms with Crippen LogP contribution in [0, 0.1) is 0 Å². The van der Waals surface area contributed by atoms with E-state index in [1.165, 1.54) is 11.1 Å². The Morgan fingerprint density at radius 3 is 2.54 bits per heavy atom. The van der Waals surface area contributed by atoms with Gasteiger partial charge in [-0.25, -0.2) is 13.6 Å². The van der Waals surface area contributed by atoms with Gasteiger partial charge in [0.25, 0.3) is 5.91 Å². The second-order valence-electron chi connectivity index (χ2n) is 6.12. The van der Waals surface area contributed by atoms with Crippen LogP contribution in [-0.2, 0) is 22.2 Å². The van der Waals surface area contributed by atoms with Crippen LogP contribution in [0.25, 0.3) is 0 Å². The number of hydrogen-bond acceptors (Lipinski definition) is 3. The molecule has 3 N–H and O–H groups in total. The Kier molecular flexibility index (Phi) is 4.69. The van der Waals surface area contributed by atoms with Crippen LogP contribution in [0.15, 0.2) is 48.5 Å². The van der Waals surface area contributed by atoms with Gasteiger partial charge < -0.3 is 5.32 Å². The SMILES string of the molecule is NS(=O)(=O)Cc1ccc(C(=O)NC2CCCc3ccccc32)cc1. The van der Waals surface area contributed by atoms with E-state index < -0.39 is 10.0 Å². The maximum Gasteiger partial charge on any atom is 0.251 e. The van der Waals surface area contributed by atoms with Crippen molar-refractivity contribution in [3.05, 3.63) is 70.8 Å². The first-order valence-corrected chi connectivity index (χ1v) is 9.62. The van der Waals surface area contributed by atoms with Gasteiger partial charge in [0.1, 0.15) is 0 Å². The van der Waals surface area contributed by atoms with Crippen molar-refractivity contribution in [2.24, 2.45) is 5.14 Å². The number of hydrogen-bond donors (Lipinski definition) is 2. The van der Waals surface area contributed by atoms with Crippen molar-refractivity contribution < 1.29 is 13.2 Å². The molecule has 3 rings (SSSR count). The van der Waals surface area contributed by atoms with Crippen LogP contribution in [0.5, 0.6) is 0 Å². The number of benzene rings is 2. The molecule has 1 unspecified atom stereocenters. The predicted molar refractivity (Wildman–Crippen MR) is 92.8 cm³/mol. The number of amides is 1. The van der Waals surface area contributed by atoms with Gasteiger partial charge in [-0.1, -0.05) is 36.4 Å². The summed E-state index contributed by atoms with van der Waals surface area (Å²) >= 11 is 0. The lowest BCUT2D eigenvalue weighted by Gasteiger charge is -2.26. The molecule has 0 fully saturated rings. The van der Waals surface area contributed by atoms with Crippen LogP contribution in [0.4, 0.5) is 0 Å². The van der Waals surface area contributed by atoms with Crippen molar-refractivity contribution in [1.82, 2.24) is 5.32 Å². The van der Waals surface area contributed by atoms with Gasteiger partial charge in [-0.05, 0) is 48.1 Å². The summed E-state index contributed by atoms with van der Waals surface area (Å²) in [4.78, 5) is 12.5. The molecule has 0 spiro atoms. The molecule has 0 heterocycles. The van der Waals surface area contributed by atoms with Gasteiger partial charge in [-0.15, -0.1) is 0 Å². The van der Waals surface area contributed by atoms with Crippen molar-refractivity contribution in [2.45, 2.75) is 31.1 Å². The zero-order chi connectivity index (χ0) is 17.2. The molecule has 2 aromatic carbocycles. The molecular weight excluding hydrogens is 324 g/mol. The number of fused-ring (bicyclic) bond motifs is 1. The lowest BCUT2D eigenvalue weighted by atomic mass is 9.87. The Hall–Kier alpha value is -2.18. The van der Waals surface area contributed by atoms with Gasteiger partial charge in [-0.3, -0.25) is 4.79 Å². The van der Waals surface area contributed by atoms with E-state index in [0.717, 1.165) is 19.3 Å². The summed E-state index contributed by atoms with van der Waals surface area (Å²) in [7, 11) is -3.57. The fourth-order valence-electron chi connectivity index (χ4n) is 3.13. The molecule has 0 saturated carbocycles. The number of nitrogens with one attached hydrogen (secondary N) is 1. The molecule has 1 aliphatic carbocycles. The first-order chi connectivity index (χ1) is 11.4. The average molecular weight is 344 g/mol. The molecule has 0 radical (unpaired) electrons. The van der Waals surface area contributed by atoms with E-state index in [2.05, 4.69) is 17.4 Å². The van der Waals surface area contributed by atoms with Gasteiger partial charge in [0.05, 0.1) is 11.8 Å². The summed E-state index contributed by atoms with van der Waals surface area (Å²) in [5.41, 5.74) is 3.55. The Morgan fingerprint density at radius 2 is 1.83 bits per heavy atom. The van der Waals surface area contributed by atoms with Gasteiger partial charge in [0.2, 0.25) is 10.0 Å². The lowest BCUT2D eigenvalue weighted by molar-refractivity contribution is 0.0932. The number of carbonyl (C=O) groups is 1. The maximum atomic E-state index is 12.5. The number of sulfonamides is 1. The number of nitrogens with two attached hydrogens (primary N) is 1. The van der Waals surface area contributed by atoms with Crippen LogP contribution in [0.1, 0.15) is 45.9 Å². The van der Waals surface area contributed by atoms with Gasteiger partial charge in [-0.2, -0.15) is 0 Å². The molecule has 1 aliphatic rings. The number of aryl methyl sites for hydroxylation is 1. The van der Waals surface area contributed by atoms with E-state index in [4.69, 9.17) is 5.14 Å². The molecule has 2 aromatic rings. The first-order valence-electron chi connectivity index (χ1n) is 7.90. The van der Waals surface area contributed by atoms with Crippen molar-refractivity contribution in [2.75, 3.05) is 0 Å². The zero-order valence-electron chi connectivity index (χ0n) is 13.2. The highest BCUT2D eigenvalue weighted by atomic mass is 32.2. The normalized spacial score (nSPS) is 17.1. The van der Waals surface area contributed by atoms with Crippen LogP contribution >= 0.6 is 0 Å². The molecule has 126 valence electrons. The summed E-state index contributed by atoms with van der Waals surface area (Å²) in [6.07, 6.45) is 3.02. The highest BCUT2D eigenvalue weighted by Gasteiger charge is 2.21. The summed E-state index contributed by atoms with van der Waals surface area (Å²) < 4.78 is 22.2. The third kappa shape index (κ3) is 4.01. The van der Waals surface area contributed by atoms with E-state index >= 15 is 0 Å². The quantitative estimate of drug-likeness (QED) is 0.892. The summed E-state index contributed by atoms with van der Waals surface area (Å²) in [5, 5.41) is 8.10. The van der Waals surface area contributed by atoms with Crippen LogP contribution in [0.2, 0.25) is 0 Å². The van der Waals surface area contributed by atoms with E-state index in [9.17, 15) is 13.2 Å². The van der Waals surface area contributed by atoms with E-state index in [0.29, 0.717) is 11.1 Å². The largest absolute Gasteiger partial charge is 0.345 e. The molecule has 24 heavy (non-hydrogen) atoms. The van der Waals surface area contributed by atoms with Crippen molar-refractivity contribution in [3.63, 3.8) is 0 Å². The Balaban J connectivity index is 1.72. The molecule has 1 atom stereocenters. The minimum Gasteiger partial charge on any atom is -0.345 e. The fraction of sp³-hybridized carbons (Fsp3) is 0.278. The van der Waals surface area contributed by atoms with Gasteiger partial charge in [0.15, 0.2) is 0 Å². The molecule has 1 amide bonds. The second-order valence-corrected chi connectivity index (χ2v) is 7.74. The average Bonchev–Trinajstić information content (AvgIpc) is 2.54. The smallest absolute Gasteiger partial charge is 0.251 e. The molecule has 6 heteroatoms. The Labute approximate surface area is 141 Å². The minimum atomic E-state index is -3.57. The van der Waals surface area contributed by atoms with Gasteiger partial charge >= 0.3 is 0 Å². The molecule has 5 nitrogen and oxygen atoms in total. The Morgan fingerprint density at radius 1 is 1.12 bits per heavy atom. The zero-order valence-corrected chi connectivity index (χ0v) is 14.1. The van der Waals surface area contributed by atoms with Crippen LogP contribution < -0.4 is 10.5 Å². The molecule has 0 bridgehead atoms. The van der Waals surface area contributed by atoms with Gasteiger partial charge in [0, 0.05) is 5.56 Å². The van der Waals surface area contributed by atoms with E-state index in [1.807, 2.05) is 12.1 Å². The summed E-state index contributed by atoms with van der Waals surface area (Å²) in [5.74, 6) is -0.385. The second kappa shape index (κ2) is 6.75. The number of primary sulfonamides is 1. The van der Waals surface area contributed by atoms with Crippen molar-refractivity contribution >= 4 is 15.9 Å². The highest BCUT2D eigenvalue weighted by Crippen LogP contribution is 2.29. The van der Waals surface area contributed by atoms with Crippen molar-refractivity contribution in [1.29, 1.82) is 0 Å². The van der Waals surface area contributed by atoms with Crippen LogP contribution in [0.3, 0.4) is 0 Å². The number of rotatable bonds is 4. The van der Waals surface area contributed by atoms with E-state index in [-0.39, 0.29) is 17.7 Å². The molecule has 0 aliphatic heterocycles. The highest BCUT2D eigenvalue weighted by molar-refractivity contribution is 7.88. The fourth-order valence-corrected chi connectivity index (χ4v) is 3.79. The third-order valence-corrected chi connectivity index (χ3v) is 4.99. The predicted octanol–water partition coefficient (Wildman–Crippen LogP) is 2.28. The van der Waals surface area contributed by atoms with Crippen molar-refractivity contribution in [3.8, 4) is 0 Å². The maximum absolute atomic E-state index is 12.5. The third-order valence-electron chi connectivity index (χ3n) is 4.26. The number of carbonyl (C=O) groups excluding carboxylic acids is 1. The summed E-state index contributed by atoms with van der Waals surface area (Å²) in [6, 6.07) is 14.7. The topological polar surface area (TPSA) is 89.3 Å². The molecule has 0 saturated heterocycles. The first kappa shape index (κ1) is 16.7. The van der Waals surface area contributed by atoms with Crippen LogP contribution in [-0.4, -0.2) is 14.3 Å². The minimum absolute atomic E-state index is 0.0200. The Bertz CT molecular complexity index is 845. The van der Waals surface area contributed by atoms with E-state index in [1.54, 1.807) is 24.3 Å². The summed E-state index contributed by atoms with van der Waals surface area (Å²) in [6.45, 7) is 0.